The topological polar surface area (TPSA) is 8.17 Å². The number of hydrogen-bond acceptors (Lipinski definition) is 1. The van der Waals surface area contributed by atoms with Crippen LogP contribution in [0.25, 0.3) is 60.2 Å². The largest absolute Gasteiger partial charge is 0.310 e. The van der Waals surface area contributed by atoms with Gasteiger partial charge in [0.2, 0.25) is 0 Å². The second kappa shape index (κ2) is 10.8. The molecule has 0 bridgehead atoms. The minimum Gasteiger partial charge on any atom is -0.310 e. The maximum atomic E-state index is 2.40. The first kappa shape index (κ1) is 26.3. The number of aromatic nitrogens is 1. The SMILES string of the molecule is c1ccc(-n2c3ccccc3c3ccc(-c4cccc(N(c5ccc6ccccc6c5)c5cccc6ccccc56)c4)cc32)cc1. The van der Waals surface area contributed by atoms with E-state index in [0.717, 1.165) is 22.7 Å². The number of para-hydroxylation sites is 2. The Morgan fingerprint density at radius 1 is 0.348 bits per heavy atom. The van der Waals surface area contributed by atoms with Crippen LogP contribution in [-0.2, 0) is 0 Å². The molecule has 0 aliphatic carbocycles. The Morgan fingerprint density at radius 2 is 1.00 bits per heavy atom. The Bertz CT molecular complexity index is 2540. The molecule has 9 rings (SSSR count). The van der Waals surface area contributed by atoms with Gasteiger partial charge >= 0.3 is 0 Å². The Kier molecular flexibility index (Phi) is 6.17. The molecule has 0 aliphatic rings. The van der Waals surface area contributed by atoms with Crippen molar-refractivity contribution in [3.8, 4) is 16.8 Å². The molecule has 0 unspecified atom stereocenters. The molecule has 0 amide bonds. The van der Waals surface area contributed by atoms with Crippen LogP contribution in [0.15, 0.2) is 182 Å². The smallest absolute Gasteiger partial charge is 0.0547 e. The van der Waals surface area contributed by atoms with Gasteiger partial charge in [0.25, 0.3) is 0 Å². The van der Waals surface area contributed by atoms with Crippen LogP contribution in [0.1, 0.15) is 0 Å². The Balaban J connectivity index is 1.25. The fourth-order valence-corrected chi connectivity index (χ4v) is 6.98. The predicted molar refractivity (Wildman–Crippen MR) is 196 cm³/mol. The zero-order valence-electron chi connectivity index (χ0n) is 25.2. The molecular formula is C44H30N2. The van der Waals surface area contributed by atoms with Gasteiger partial charge in [-0.05, 0) is 81.9 Å². The molecule has 8 aromatic carbocycles. The van der Waals surface area contributed by atoms with E-state index in [2.05, 4.69) is 191 Å². The Morgan fingerprint density at radius 3 is 1.89 bits per heavy atom. The molecule has 0 spiro atoms. The van der Waals surface area contributed by atoms with Gasteiger partial charge in [0.05, 0.1) is 16.7 Å². The molecule has 2 nitrogen and oxygen atoms in total. The van der Waals surface area contributed by atoms with Crippen LogP contribution in [0.3, 0.4) is 0 Å². The summed E-state index contributed by atoms with van der Waals surface area (Å²) in [7, 11) is 0. The average Bonchev–Trinajstić information content (AvgIpc) is 3.46. The Hall–Kier alpha value is -6.12. The molecule has 0 radical (unpaired) electrons. The third kappa shape index (κ3) is 4.35. The lowest BCUT2D eigenvalue weighted by atomic mass is 10.0. The summed E-state index contributed by atoms with van der Waals surface area (Å²) in [5.74, 6) is 0. The van der Waals surface area contributed by atoms with Crippen molar-refractivity contribution in [3.63, 3.8) is 0 Å². The number of benzene rings is 8. The molecular weight excluding hydrogens is 556 g/mol. The van der Waals surface area contributed by atoms with E-state index in [0.29, 0.717) is 0 Å². The third-order valence-corrected chi connectivity index (χ3v) is 9.12. The molecule has 1 heterocycles. The average molecular weight is 587 g/mol. The highest BCUT2D eigenvalue weighted by Gasteiger charge is 2.18. The third-order valence-electron chi connectivity index (χ3n) is 9.12. The van der Waals surface area contributed by atoms with Crippen LogP contribution in [0.2, 0.25) is 0 Å². The highest BCUT2D eigenvalue weighted by atomic mass is 15.1. The first-order valence-corrected chi connectivity index (χ1v) is 15.8. The molecule has 0 saturated heterocycles. The molecule has 46 heavy (non-hydrogen) atoms. The molecule has 0 aliphatic heterocycles. The number of anilines is 3. The minimum absolute atomic E-state index is 1.12. The Labute approximate surface area is 268 Å². The zero-order chi connectivity index (χ0) is 30.5. The van der Waals surface area contributed by atoms with Gasteiger partial charge in [0, 0.05) is 33.2 Å². The maximum Gasteiger partial charge on any atom is 0.0547 e. The van der Waals surface area contributed by atoms with Gasteiger partial charge in [-0.25, -0.2) is 0 Å². The van der Waals surface area contributed by atoms with E-state index in [1.165, 1.54) is 54.5 Å². The summed E-state index contributed by atoms with van der Waals surface area (Å²) in [6, 6.07) is 65.8. The van der Waals surface area contributed by atoms with Gasteiger partial charge < -0.3 is 9.47 Å². The fraction of sp³-hybridized carbons (Fsp3) is 0. The predicted octanol–water partition coefficient (Wildman–Crippen LogP) is 12.2. The molecule has 0 atom stereocenters. The summed E-state index contributed by atoms with van der Waals surface area (Å²) in [5, 5.41) is 7.42. The van der Waals surface area contributed by atoms with Crippen molar-refractivity contribution in [2.45, 2.75) is 0 Å². The number of rotatable bonds is 5. The summed E-state index contributed by atoms with van der Waals surface area (Å²) in [4.78, 5) is 2.40. The molecule has 0 fully saturated rings. The lowest BCUT2D eigenvalue weighted by Gasteiger charge is -2.27. The lowest BCUT2D eigenvalue weighted by Crippen LogP contribution is -2.10. The van der Waals surface area contributed by atoms with Crippen molar-refractivity contribution in [1.82, 2.24) is 4.57 Å². The van der Waals surface area contributed by atoms with Gasteiger partial charge in [0.15, 0.2) is 0 Å². The van der Waals surface area contributed by atoms with Crippen molar-refractivity contribution in [2.75, 3.05) is 4.90 Å². The molecule has 0 N–H and O–H groups in total. The van der Waals surface area contributed by atoms with Crippen LogP contribution in [-0.4, -0.2) is 4.57 Å². The summed E-state index contributed by atoms with van der Waals surface area (Å²) in [6.07, 6.45) is 0. The van der Waals surface area contributed by atoms with Crippen molar-refractivity contribution >= 4 is 60.4 Å². The summed E-state index contributed by atoms with van der Waals surface area (Å²) in [6.45, 7) is 0. The van der Waals surface area contributed by atoms with Crippen LogP contribution < -0.4 is 4.90 Å². The van der Waals surface area contributed by atoms with Crippen LogP contribution in [0.4, 0.5) is 17.1 Å². The van der Waals surface area contributed by atoms with Crippen LogP contribution in [0, 0.1) is 0 Å². The second-order valence-corrected chi connectivity index (χ2v) is 11.8. The maximum absolute atomic E-state index is 2.40. The minimum atomic E-state index is 1.12. The number of nitrogens with zero attached hydrogens (tertiary/aromatic N) is 2. The van der Waals surface area contributed by atoms with Gasteiger partial charge in [-0.15, -0.1) is 0 Å². The van der Waals surface area contributed by atoms with E-state index in [9.17, 15) is 0 Å². The quantitative estimate of drug-likeness (QED) is 0.195. The second-order valence-electron chi connectivity index (χ2n) is 11.8. The normalized spacial score (nSPS) is 11.5. The van der Waals surface area contributed by atoms with E-state index in [1.54, 1.807) is 0 Å². The molecule has 2 heteroatoms. The van der Waals surface area contributed by atoms with Crippen molar-refractivity contribution in [1.29, 1.82) is 0 Å². The summed E-state index contributed by atoms with van der Waals surface area (Å²) >= 11 is 0. The van der Waals surface area contributed by atoms with E-state index >= 15 is 0 Å². The van der Waals surface area contributed by atoms with Gasteiger partial charge in [-0.3, -0.25) is 0 Å². The van der Waals surface area contributed by atoms with Crippen molar-refractivity contribution < 1.29 is 0 Å². The van der Waals surface area contributed by atoms with E-state index < -0.39 is 0 Å². The van der Waals surface area contributed by atoms with Gasteiger partial charge in [0.1, 0.15) is 0 Å². The monoisotopic (exact) mass is 586 g/mol. The molecule has 0 saturated carbocycles. The van der Waals surface area contributed by atoms with Crippen molar-refractivity contribution in [2.24, 2.45) is 0 Å². The highest BCUT2D eigenvalue weighted by molar-refractivity contribution is 6.10. The number of fused-ring (bicyclic) bond motifs is 5. The summed E-state index contributed by atoms with van der Waals surface area (Å²) in [5.41, 5.74) is 9.35. The van der Waals surface area contributed by atoms with Crippen molar-refractivity contribution in [3.05, 3.63) is 182 Å². The first-order valence-electron chi connectivity index (χ1n) is 15.8. The number of hydrogen-bond donors (Lipinski definition) is 0. The van der Waals surface area contributed by atoms with Gasteiger partial charge in [-0.1, -0.05) is 127 Å². The summed E-state index contributed by atoms with van der Waals surface area (Å²) < 4.78 is 2.38. The van der Waals surface area contributed by atoms with E-state index in [-0.39, 0.29) is 0 Å². The standard InChI is InChI=1S/C44H30N2/c1-2-17-36(18-3-1)46-43-22-9-8-21-40(43)41-27-25-35(30-44(41)46)34-16-10-19-37(29-34)45(38-26-24-31-12-4-5-14-33(31)28-38)42-23-11-15-32-13-6-7-20-39(32)42/h1-30H. The van der Waals surface area contributed by atoms with Crippen LogP contribution in [0.5, 0.6) is 0 Å². The molecule has 9 aromatic rings. The molecule has 216 valence electrons. The lowest BCUT2D eigenvalue weighted by molar-refractivity contribution is 1.18. The van der Waals surface area contributed by atoms with Crippen LogP contribution >= 0.6 is 0 Å². The molecule has 1 aromatic heterocycles. The zero-order valence-corrected chi connectivity index (χ0v) is 25.2. The van der Waals surface area contributed by atoms with E-state index in [1.807, 2.05) is 0 Å². The first-order chi connectivity index (χ1) is 22.8. The van der Waals surface area contributed by atoms with E-state index in [4.69, 9.17) is 0 Å². The van der Waals surface area contributed by atoms with Gasteiger partial charge in [-0.2, -0.15) is 0 Å². The fourth-order valence-electron chi connectivity index (χ4n) is 6.98. The highest BCUT2D eigenvalue weighted by Crippen LogP contribution is 2.42.